The first kappa shape index (κ1) is 22.6. The number of aliphatic imine (C=N–C) groups is 1. The van der Waals surface area contributed by atoms with Crippen LogP contribution in [0.3, 0.4) is 0 Å². The molecule has 4 rings (SSSR count). The lowest BCUT2D eigenvalue weighted by atomic mass is 10.2. The van der Waals surface area contributed by atoms with Gasteiger partial charge in [0.15, 0.2) is 12.6 Å². The predicted molar refractivity (Wildman–Crippen MR) is 132 cm³/mol. The zero-order valence-corrected chi connectivity index (χ0v) is 19.4. The molecule has 8 heteroatoms. The second kappa shape index (κ2) is 10.8. The number of imidazole rings is 1. The first-order valence-corrected chi connectivity index (χ1v) is 11.6. The molecule has 1 aliphatic heterocycles. The van der Waals surface area contributed by atoms with Crippen LogP contribution in [0.1, 0.15) is 25.6 Å². The molecule has 174 valence electrons. The molecule has 2 aromatic carbocycles. The number of ether oxygens (including phenoxy) is 1. The highest BCUT2D eigenvalue weighted by Crippen LogP contribution is 2.31. The number of aryl methyl sites for hydroxylation is 2. The third-order valence-corrected chi connectivity index (χ3v) is 5.66. The van der Waals surface area contributed by atoms with Gasteiger partial charge in [-0.05, 0) is 51.0 Å². The summed E-state index contributed by atoms with van der Waals surface area (Å²) in [6, 6.07) is 15.9. The van der Waals surface area contributed by atoms with Crippen LogP contribution in [-0.4, -0.2) is 54.2 Å². The number of nitrogens with one attached hydrogen (secondary N) is 2. The number of guanidine groups is 1. The number of amides is 1. The summed E-state index contributed by atoms with van der Waals surface area (Å²) in [5.74, 6) is 2.59. The lowest BCUT2D eigenvalue weighted by molar-refractivity contribution is -0.121. The van der Waals surface area contributed by atoms with Crippen LogP contribution in [0.2, 0.25) is 0 Å². The highest BCUT2D eigenvalue weighted by Gasteiger charge is 2.24. The van der Waals surface area contributed by atoms with Gasteiger partial charge in [-0.2, -0.15) is 0 Å². The normalized spacial score (nSPS) is 13.7. The van der Waals surface area contributed by atoms with Crippen molar-refractivity contribution in [3.8, 4) is 5.75 Å². The Morgan fingerprint density at radius 3 is 2.79 bits per heavy atom. The van der Waals surface area contributed by atoms with E-state index in [1.165, 1.54) is 5.52 Å². The number of anilines is 1. The molecule has 0 unspecified atom stereocenters. The first-order valence-electron chi connectivity index (χ1n) is 11.6. The molecular formula is C25H32N6O2. The van der Waals surface area contributed by atoms with Crippen molar-refractivity contribution in [1.82, 2.24) is 20.2 Å². The van der Waals surface area contributed by atoms with E-state index in [9.17, 15) is 4.79 Å². The highest BCUT2D eigenvalue weighted by atomic mass is 16.5. The summed E-state index contributed by atoms with van der Waals surface area (Å²) in [4.78, 5) is 23.4. The Kier molecular flexibility index (Phi) is 7.44. The number of para-hydroxylation sites is 4. The van der Waals surface area contributed by atoms with Gasteiger partial charge in [0.05, 0.1) is 16.7 Å². The SMILES string of the molecule is CCNC(=NCCCN1C(=O)COc2ccccc21)NCCCn1c(C)nc2ccccc21. The second-order valence-corrected chi connectivity index (χ2v) is 8.00. The van der Waals surface area contributed by atoms with E-state index in [0.717, 1.165) is 61.2 Å². The van der Waals surface area contributed by atoms with Gasteiger partial charge in [0.25, 0.3) is 5.91 Å². The van der Waals surface area contributed by atoms with Gasteiger partial charge in [0, 0.05) is 32.7 Å². The van der Waals surface area contributed by atoms with E-state index in [4.69, 9.17) is 4.74 Å². The molecule has 0 radical (unpaired) electrons. The predicted octanol–water partition coefficient (Wildman–Crippen LogP) is 3.11. The molecule has 0 atom stereocenters. The molecule has 0 bridgehead atoms. The third-order valence-electron chi connectivity index (χ3n) is 5.66. The molecule has 0 saturated carbocycles. The van der Waals surface area contributed by atoms with Crippen LogP contribution in [0.25, 0.3) is 11.0 Å². The second-order valence-electron chi connectivity index (χ2n) is 8.00. The molecule has 1 aromatic heterocycles. The number of carbonyl (C=O) groups is 1. The Bertz CT molecular complexity index is 1120. The first-order chi connectivity index (χ1) is 16.2. The lowest BCUT2D eigenvalue weighted by Crippen LogP contribution is -2.40. The van der Waals surface area contributed by atoms with E-state index in [2.05, 4.69) is 57.2 Å². The summed E-state index contributed by atoms with van der Waals surface area (Å²) in [6.45, 7) is 7.97. The molecule has 3 aromatic rings. The zero-order valence-electron chi connectivity index (χ0n) is 19.4. The minimum absolute atomic E-state index is 0.00923. The van der Waals surface area contributed by atoms with E-state index in [1.54, 1.807) is 4.90 Å². The summed E-state index contributed by atoms with van der Waals surface area (Å²) in [5.41, 5.74) is 3.05. The molecule has 0 aliphatic carbocycles. The van der Waals surface area contributed by atoms with Crippen LogP contribution in [0, 0.1) is 6.92 Å². The van der Waals surface area contributed by atoms with Crippen LogP contribution in [-0.2, 0) is 11.3 Å². The number of carbonyl (C=O) groups excluding carboxylic acids is 1. The molecule has 1 aliphatic rings. The molecule has 2 heterocycles. The number of nitrogens with zero attached hydrogens (tertiary/aromatic N) is 4. The average molecular weight is 449 g/mol. The number of hydrogen-bond donors (Lipinski definition) is 2. The van der Waals surface area contributed by atoms with E-state index >= 15 is 0 Å². The largest absolute Gasteiger partial charge is 0.482 e. The smallest absolute Gasteiger partial charge is 0.265 e. The lowest BCUT2D eigenvalue weighted by Gasteiger charge is -2.29. The van der Waals surface area contributed by atoms with Crippen molar-refractivity contribution in [2.24, 2.45) is 4.99 Å². The van der Waals surface area contributed by atoms with Crippen LogP contribution >= 0.6 is 0 Å². The molecule has 2 N–H and O–H groups in total. The summed E-state index contributed by atoms with van der Waals surface area (Å²) in [6.07, 6.45) is 1.74. The number of benzene rings is 2. The molecule has 33 heavy (non-hydrogen) atoms. The van der Waals surface area contributed by atoms with Crippen molar-refractivity contribution in [3.05, 3.63) is 54.4 Å². The number of hydrogen-bond acceptors (Lipinski definition) is 4. The fourth-order valence-electron chi connectivity index (χ4n) is 4.08. The molecule has 0 spiro atoms. The standard InChI is InChI=1S/C25H32N6O2/c1-3-26-25(27-14-8-16-30-19(2)29-20-10-4-5-11-21(20)30)28-15-9-17-31-22-12-6-7-13-23(22)33-18-24(31)32/h4-7,10-13H,3,8-9,14-18H2,1-2H3,(H2,26,27,28). The van der Waals surface area contributed by atoms with E-state index in [-0.39, 0.29) is 12.5 Å². The van der Waals surface area contributed by atoms with Crippen LogP contribution in [0.15, 0.2) is 53.5 Å². The summed E-state index contributed by atoms with van der Waals surface area (Å²) >= 11 is 0. The molecular weight excluding hydrogens is 416 g/mol. The molecule has 0 fully saturated rings. The van der Waals surface area contributed by atoms with Gasteiger partial charge in [0.1, 0.15) is 11.6 Å². The third kappa shape index (κ3) is 5.45. The minimum atomic E-state index is -0.00923. The fraction of sp³-hybridized carbons (Fsp3) is 0.400. The van der Waals surface area contributed by atoms with Gasteiger partial charge in [-0.15, -0.1) is 0 Å². The van der Waals surface area contributed by atoms with E-state index in [1.807, 2.05) is 30.3 Å². The Balaban J connectivity index is 1.26. The molecule has 0 saturated heterocycles. The number of rotatable bonds is 9. The Hall–Kier alpha value is -3.55. The van der Waals surface area contributed by atoms with Gasteiger partial charge in [-0.1, -0.05) is 24.3 Å². The van der Waals surface area contributed by atoms with Gasteiger partial charge in [-0.3, -0.25) is 9.79 Å². The summed E-state index contributed by atoms with van der Waals surface area (Å²) < 4.78 is 7.77. The Labute approximate surface area is 194 Å². The van der Waals surface area contributed by atoms with Crippen molar-refractivity contribution in [1.29, 1.82) is 0 Å². The maximum atomic E-state index is 12.3. The number of aromatic nitrogens is 2. The quantitative estimate of drug-likeness (QED) is 0.299. The average Bonchev–Trinajstić information content (AvgIpc) is 3.15. The van der Waals surface area contributed by atoms with E-state index in [0.29, 0.717) is 13.1 Å². The van der Waals surface area contributed by atoms with Crippen molar-refractivity contribution in [2.75, 3.05) is 37.7 Å². The highest BCUT2D eigenvalue weighted by molar-refractivity contribution is 5.97. The van der Waals surface area contributed by atoms with Gasteiger partial charge >= 0.3 is 0 Å². The van der Waals surface area contributed by atoms with E-state index < -0.39 is 0 Å². The van der Waals surface area contributed by atoms with Crippen LogP contribution in [0.5, 0.6) is 5.75 Å². The Morgan fingerprint density at radius 2 is 1.91 bits per heavy atom. The topological polar surface area (TPSA) is 83.8 Å². The van der Waals surface area contributed by atoms with Crippen molar-refractivity contribution in [3.63, 3.8) is 0 Å². The fourth-order valence-corrected chi connectivity index (χ4v) is 4.08. The van der Waals surface area contributed by atoms with Crippen LogP contribution in [0.4, 0.5) is 5.69 Å². The summed E-state index contributed by atoms with van der Waals surface area (Å²) in [5, 5.41) is 6.72. The maximum absolute atomic E-state index is 12.3. The van der Waals surface area contributed by atoms with Gasteiger partial charge in [-0.25, -0.2) is 4.98 Å². The molecule has 1 amide bonds. The minimum Gasteiger partial charge on any atom is -0.482 e. The van der Waals surface area contributed by atoms with Crippen LogP contribution < -0.4 is 20.3 Å². The van der Waals surface area contributed by atoms with Crippen molar-refractivity contribution < 1.29 is 9.53 Å². The maximum Gasteiger partial charge on any atom is 0.265 e. The van der Waals surface area contributed by atoms with Crippen molar-refractivity contribution in [2.45, 2.75) is 33.2 Å². The Morgan fingerprint density at radius 1 is 1.09 bits per heavy atom. The van der Waals surface area contributed by atoms with Gasteiger partial charge in [0.2, 0.25) is 0 Å². The van der Waals surface area contributed by atoms with Gasteiger partial charge < -0.3 is 24.8 Å². The van der Waals surface area contributed by atoms with Crippen molar-refractivity contribution >= 4 is 28.6 Å². The molecule has 8 nitrogen and oxygen atoms in total. The zero-order chi connectivity index (χ0) is 23.0. The summed E-state index contributed by atoms with van der Waals surface area (Å²) in [7, 11) is 0. The number of fused-ring (bicyclic) bond motifs is 2. The monoisotopic (exact) mass is 448 g/mol.